The zero-order valence-electron chi connectivity index (χ0n) is 11.1. The lowest BCUT2D eigenvalue weighted by molar-refractivity contribution is -0.135. The highest BCUT2D eigenvalue weighted by Crippen LogP contribution is 2.60. The molecule has 1 saturated carbocycles. The zero-order valence-corrected chi connectivity index (χ0v) is 11.1. The van der Waals surface area contributed by atoms with Gasteiger partial charge in [-0.05, 0) is 36.0 Å². The van der Waals surface area contributed by atoms with Crippen LogP contribution in [0.25, 0.3) is 0 Å². The third-order valence-electron chi connectivity index (χ3n) is 5.64. The minimum Gasteiger partial charge on any atom is -0.462 e. The van der Waals surface area contributed by atoms with Crippen molar-refractivity contribution in [1.82, 2.24) is 0 Å². The Kier molecular flexibility index (Phi) is 2.24. The van der Waals surface area contributed by atoms with Crippen molar-refractivity contribution < 1.29 is 9.53 Å². The Labute approximate surface area is 103 Å². The van der Waals surface area contributed by atoms with E-state index in [9.17, 15) is 4.79 Å². The molecule has 1 aliphatic heterocycles. The van der Waals surface area contributed by atoms with E-state index < -0.39 is 0 Å². The first-order valence-electron chi connectivity index (χ1n) is 6.82. The number of carbonyl (C=O) groups is 1. The van der Waals surface area contributed by atoms with Crippen molar-refractivity contribution in [2.24, 2.45) is 22.7 Å². The van der Waals surface area contributed by atoms with E-state index in [2.05, 4.69) is 26.8 Å². The number of hydrogen-bond acceptors (Lipinski definition) is 2. The minimum atomic E-state index is -0.0574. The first-order valence-corrected chi connectivity index (χ1v) is 6.82. The van der Waals surface area contributed by atoms with Crippen molar-refractivity contribution in [1.29, 1.82) is 0 Å². The fourth-order valence-corrected chi connectivity index (χ4v) is 4.66. The third-order valence-corrected chi connectivity index (χ3v) is 5.64. The fraction of sp³-hybridized carbons (Fsp3) is 0.800. The number of hydrogen-bond donors (Lipinski definition) is 0. The van der Waals surface area contributed by atoms with Gasteiger partial charge >= 0.3 is 5.97 Å². The molecule has 1 heterocycles. The molecule has 3 rings (SSSR count). The summed E-state index contributed by atoms with van der Waals surface area (Å²) in [7, 11) is 0. The molecular formula is C15H22O2. The van der Waals surface area contributed by atoms with Gasteiger partial charge in [0.2, 0.25) is 0 Å². The second kappa shape index (κ2) is 3.37. The Morgan fingerprint density at radius 2 is 2.06 bits per heavy atom. The van der Waals surface area contributed by atoms with Crippen molar-refractivity contribution >= 4 is 5.97 Å². The predicted molar refractivity (Wildman–Crippen MR) is 66.4 cm³/mol. The number of carbonyl (C=O) groups excluding carboxylic acids is 1. The standard InChI is InChI=1S/C15H22O2/c1-14(2)7-4-8-15(3)11-9-17-13(16)10(11)5-6-12(14)15/h5,11-12H,4,6-9H2,1-3H3/t11-,12-,15-/m1/s1. The summed E-state index contributed by atoms with van der Waals surface area (Å²) in [6.07, 6.45) is 7.08. The molecule has 0 N–H and O–H groups in total. The minimum absolute atomic E-state index is 0.0574. The van der Waals surface area contributed by atoms with Crippen molar-refractivity contribution in [3.8, 4) is 0 Å². The summed E-state index contributed by atoms with van der Waals surface area (Å²) in [5.74, 6) is 0.998. The normalized spacial score (nSPS) is 43.5. The lowest BCUT2D eigenvalue weighted by Gasteiger charge is -2.55. The van der Waals surface area contributed by atoms with Crippen LogP contribution in [-0.4, -0.2) is 12.6 Å². The molecule has 3 atom stereocenters. The van der Waals surface area contributed by atoms with E-state index in [0.29, 0.717) is 23.9 Å². The van der Waals surface area contributed by atoms with Crippen LogP contribution < -0.4 is 0 Å². The molecule has 0 aromatic carbocycles. The highest BCUT2D eigenvalue weighted by molar-refractivity contribution is 5.91. The van der Waals surface area contributed by atoms with Gasteiger partial charge in [-0.15, -0.1) is 0 Å². The van der Waals surface area contributed by atoms with Crippen molar-refractivity contribution in [3.63, 3.8) is 0 Å². The fourth-order valence-electron chi connectivity index (χ4n) is 4.66. The number of rotatable bonds is 0. The van der Waals surface area contributed by atoms with E-state index in [1.54, 1.807) is 0 Å². The molecule has 0 aromatic rings. The SMILES string of the molecule is CC1(C)CCC[C@]2(C)[C@@H]3COC(=O)C3=CC[C@H]12. The molecule has 17 heavy (non-hydrogen) atoms. The second-order valence-corrected chi connectivity index (χ2v) is 6.95. The van der Waals surface area contributed by atoms with Crippen LogP contribution in [0.1, 0.15) is 46.5 Å². The molecule has 94 valence electrons. The molecule has 0 amide bonds. The quantitative estimate of drug-likeness (QED) is 0.601. The maximum atomic E-state index is 11.7. The average Bonchev–Trinajstić information content (AvgIpc) is 2.60. The van der Waals surface area contributed by atoms with Crippen LogP contribution in [0.15, 0.2) is 11.6 Å². The van der Waals surface area contributed by atoms with Gasteiger partial charge in [-0.25, -0.2) is 4.79 Å². The molecule has 2 nitrogen and oxygen atoms in total. The second-order valence-electron chi connectivity index (χ2n) is 6.95. The van der Waals surface area contributed by atoms with Gasteiger partial charge in [0.15, 0.2) is 0 Å². The monoisotopic (exact) mass is 234 g/mol. The number of esters is 1. The predicted octanol–water partition coefficient (Wildman–Crippen LogP) is 3.32. The summed E-state index contributed by atoms with van der Waals surface area (Å²) in [6, 6.07) is 0. The number of ether oxygens (including phenoxy) is 1. The van der Waals surface area contributed by atoms with Crippen LogP contribution in [0.5, 0.6) is 0 Å². The molecule has 1 saturated heterocycles. The molecule has 0 spiro atoms. The van der Waals surface area contributed by atoms with Crippen molar-refractivity contribution in [3.05, 3.63) is 11.6 Å². The summed E-state index contributed by atoms with van der Waals surface area (Å²) >= 11 is 0. The molecule has 2 fully saturated rings. The lowest BCUT2D eigenvalue weighted by Crippen LogP contribution is -2.48. The van der Waals surface area contributed by atoms with Crippen LogP contribution in [-0.2, 0) is 9.53 Å². The average molecular weight is 234 g/mol. The summed E-state index contributed by atoms with van der Waals surface area (Å²) in [5, 5.41) is 0. The van der Waals surface area contributed by atoms with Gasteiger partial charge in [0.05, 0.1) is 6.61 Å². The molecule has 2 heteroatoms. The van der Waals surface area contributed by atoms with E-state index in [-0.39, 0.29) is 11.4 Å². The summed E-state index contributed by atoms with van der Waals surface area (Å²) < 4.78 is 5.28. The van der Waals surface area contributed by atoms with Gasteiger partial charge in [-0.1, -0.05) is 33.3 Å². The zero-order chi connectivity index (χ0) is 12.3. The highest BCUT2D eigenvalue weighted by atomic mass is 16.5. The van der Waals surface area contributed by atoms with Gasteiger partial charge in [0, 0.05) is 11.5 Å². The summed E-state index contributed by atoms with van der Waals surface area (Å²) in [6.45, 7) is 7.79. The van der Waals surface area contributed by atoms with Gasteiger partial charge in [-0.3, -0.25) is 0 Å². The van der Waals surface area contributed by atoms with Gasteiger partial charge in [0.1, 0.15) is 0 Å². The van der Waals surface area contributed by atoms with Crippen molar-refractivity contribution in [2.75, 3.05) is 6.61 Å². The molecule has 3 aliphatic rings. The molecule has 0 aromatic heterocycles. The van der Waals surface area contributed by atoms with Crippen LogP contribution in [0.2, 0.25) is 0 Å². The Bertz CT molecular complexity index is 394. The first-order chi connectivity index (χ1) is 7.95. The van der Waals surface area contributed by atoms with E-state index in [0.717, 1.165) is 12.0 Å². The van der Waals surface area contributed by atoms with E-state index in [1.807, 2.05) is 0 Å². The summed E-state index contributed by atoms with van der Waals surface area (Å²) in [4.78, 5) is 11.7. The van der Waals surface area contributed by atoms with Gasteiger partial charge in [0.25, 0.3) is 0 Å². The number of fused-ring (bicyclic) bond motifs is 3. The third kappa shape index (κ3) is 1.42. The van der Waals surface area contributed by atoms with Crippen LogP contribution in [0, 0.1) is 22.7 Å². The van der Waals surface area contributed by atoms with Gasteiger partial charge < -0.3 is 4.74 Å². The largest absolute Gasteiger partial charge is 0.462 e. The summed E-state index contributed by atoms with van der Waals surface area (Å²) in [5.41, 5.74) is 1.65. The van der Waals surface area contributed by atoms with Crippen LogP contribution >= 0.6 is 0 Å². The Hall–Kier alpha value is -0.790. The number of cyclic esters (lactones) is 1. The molecule has 0 bridgehead atoms. The molecule has 2 aliphatic carbocycles. The van der Waals surface area contributed by atoms with Crippen LogP contribution in [0.3, 0.4) is 0 Å². The van der Waals surface area contributed by atoms with E-state index >= 15 is 0 Å². The molecular weight excluding hydrogens is 212 g/mol. The Balaban J connectivity index is 2.03. The Morgan fingerprint density at radius 1 is 1.29 bits per heavy atom. The molecule has 0 radical (unpaired) electrons. The van der Waals surface area contributed by atoms with Crippen molar-refractivity contribution in [2.45, 2.75) is 46.5 Å². The van der Waals surface area contributed by atoms with Gasteiger partial charge in [-0.2, -0.15) is 0 Å². The molecule has 0 unspecified atom stereocenters. The van der Waals surface area contributed by atoms with E-state index in [1.165, 1.54) is 19.3 Å². The maximum absolute atomic E-state index is 11.7. The van der Waals surface area contributed by atoms with Crippen LogP contribution in [0.4, 0.5) is 0 Å². The Morgan fingerprint density at radius 3 is 2.82 bits per heavy atom. The highest BCUT2D eigenvalue weighted by Gasteiger charge is 2.55. The smallest absolute Gasteiger partial charge is 0.334 e. The maximum Gasteiger partial charge on any atom is 0.334 e. The number of allylic oxidation sites excluding steroid dienone is 1. The van der Waals surface area contributed by atoms with E-state index in [4.69, 9.17) is 4.74 Å². The lowest BCUT2D eigenvalue weighted by atomic mass is 9.49. The first kappa shape index (κ1) is 11.3. The topological polar surface area (TPSA) is 26.3 Å².